The van der Waals surface area contributed by atoms with Crippen molar-refractivity contribution in [1.29, 1.82) is 0 Å². The molecule has 30 heavy (non-hydrogen) atoms. The van der Waals surface area contributed by atoms with Crippen LogP contribution in [0, 0.1) is 0 Å². The highest BCUT2D eigenvalue weighted by Crippen LogP contribution is 2.43. The Morgan fingerprint density at radius 2 is 2.00 bits per heavy atom. The standard InChI is InChI=1S/C24H26BrN3OS/c1-5-28-20-11-6-16(12-19(20)15(2)14-24(28,3)4)13-21-22(29)27-23(30-21)26-18-9-7-17(25)8-10-18/h6-13,15H,5,14H2,1-4H3,(H,26,27,29)/b21-13-/t15-/m0/s1. The van der Waals surface area contributed by atoms with Crippen molar-refractivity contribution in [3.63, 3.8) is 0 Å². The molecule has 6 heteroatoms. The van der Waals surface area contributed by atoms with Crippen LogP contribution in [-0.4, -0.2) is 23.2 Å². The second kappa shape index (κ2) is 8.23. The molecular weight excluding hydrogens is 458 g/mol. The van der Waals surface area contributed by atoms with Crippen molar-refractivity contribution in [2.24, 2.45) is 4.99 Å². The van der Waals surface area contributed by atoms with Crippen LogP contribution in [0.1, 0.15) is 51.2 Å². The number of amidine groups is 1. The number of hydrogen-bond acceptors (Lipinski definition) is 4. The molecule has 0 unspecified atom stereocenters. The van der Waals surface area contributed by atoms with Crippen molar-refractivity contribution in [2.45, 2.75) is 45.6 Å². The molecular formula is C24H26BrN3OS. The molecule has 2 aromatic rings. The van der Waals surface area contributed by atoms with Crippen LogP contribution in [0.3, 0.4) is 0 Å². The predicted octanol–water partition coefficient (Wildman–Crippen LogP) is 6.45. The number of benzene rings is 2. The first-order valence-electron chi connectivity index (χ1n) is 10.2. The summed E-state index contributed by atoms with van der Waals surface area (Å²) in [5, 5.41) is 3.48. The van der Waals surface area contributed by atoms with Gasteiger partial charge in [-0.2, -0.15) is 0 Å². The van der Waals surface area contributed by atoms with Gasteiger partial charge < -0.3 is 10.2 Å². The van der Waals surface area contributed by atoms with Crippen molar-refractivity contribution < 1.29 is 4.79 Å². The van der Waals surface area contributed by atoms with Crippen LogP contribution < -0.4 is 10.2 Å². The third kappa shape index (κ3) is 4.21. The lowest BCUT2D eigenvalue weighted by Crippen LogP contribution is -2.48. The number of fused-ring (bicyclic) bond motifs is 1. The minimum Gasteiger partial charge on any atom is -0.366 e. The Morgan fingerprint density at radius 3 is 2.70 bits per heavy atom. The van der Waals surface area contributed by atoms with Gasteiger partial charge in [0.1, 0.15) is 0 Å². The van der Waals surface area contributed by atoms with Gasteiger partial charge in [-0.25, -0.2) is 4.99 Å². The number of anilines is 1. The third-order valence-electron chi connectivity index (χ3n) is 5.73. The number of nitrogens with zero attached hydrogens (tertiary/aromatic N) is 2. The molecule has 4 nitrogen and oxygen atoms in total. The van der Waals surface area contributed by atoms with E-state index in [1.807, 2.05) is 30.3 Å². The molecule has 2 heterocycles. The molecule has 1 N–H and O–H groups in total. The number of rotatable bonds is 3. The quantitative estimate of drug-likeness (QED) is 0.509. The molecule has 0 saturated carbocycles. The van der Waals surface area contributed by atoms with Gasteiger partial charge in [0, 0.05) is 22.2 Å². The molecule has 1 amide bonds. The number of thioether (sulfide) groups is 1. The van der Waals surface area contributed by atoms with Crippen LogP contribution in [0.2, 0.25) is 0 Å². The average molecular weight is 484 g/mol. The molecule has 0 radical (unpaired) electrons. The molecule has 4 rings (SSSR count). The van der Waals surface area contributed by atoms with E-state index in [4.69, 9.17) is 0 Å². The maximum atomic E-state index is 12.5. The number of nitrogens with one attached hydrogen (secondary N) is 1. The van der Waals surface area contributed by atoms with Gasteiger partial charge >= 0.3 is 0 Å². The van der Waals surface area contributed by atoms with Crippen LogP contribution >= 0.6 is 27.7 Å². The van der Waals surface area contributed by atoms with E-state index in [-0.39, 0.29) is 11.4 Å². The fourth-order valence-electron chi connectivity index (χ4n) is 4.46. The van der Waals surface area contributed by atoms with Crippen molar-refractivity contribution in [2.75, 3.05) is 11.4 Å². The lowest BCUT2D eigenvalue weighted by molar-refractivity contribution is -0.115. The highest BCUT2D eigenvalue weighted by atomic mass is 79.9. The first-order chi connectivity index (χ1) is 14.3. The zero-order valence-electron chi connectivity index (χ0n) is 17.7. The smallest absolute Gasteiger partial charge is 0.264 e. The Hall–Kier alpha value is -2.05. The number of amides is 1. The topological polar surface area (TPSA) is 44.7 Å². The van der Waals surface area contributed by atoms with Gasteiger partial charge in [0.05, 0.1) is 10.6 Å². The number of hydrogen-bond donors (Lipinski definition) is 1. The van der Waals surface area contributed by atoms with E-state index in [0.717, 1.165) is 28.7 Å². The Kier molecular flexibility index (Phi) is 5.82. The van der Waals surface area contributed by atoms with Crippen molar-refractivity contribution in [3.05, 3.63) is 63.0 Å². The summed E-state index contributed by atoms with van der Waals surface area (Å²) < 4.78 is 1.00. The molecule has 2 aliphatic rings. The molecule has 156 valence electrons. The maximum absolute atomic E-state index is 12.5. The van der Waals surface area contributed by atoms with Gasteiger partial charge in [-0.3, -0.25) is 4.79 Å². The van der Waals surface area contributed by atoms with E-state index >= 15 is 0 Å². The van der Waals surface area contributed by atoms with Gasteiger partial charge in [0.25, 0.3) is 5.91 Å². The summed E-state index contributed by atoms with van der Waals surface area (Å²) in [7, 11) is 0. The van der Waals surface area contributed by atoms with Gasteiger partial charge in [-0.15, -0.1) is 0 Å². The molecule has 1 fully saturated rings. The summed E-state index contributed by atoms with van der Waals surface area (Å²) in [6.07, 6.45) is 3.08. The summed E-state index contributed by atoms with van der Waals surface area (Å²) in [5.74, 6) is 0.383. The van der Waals surface area contributed by atoms with Crippen LogP contribution in [-0.2, 0) is 4.79 Å². The van der Waals surface area contributed by atoms with Crippen molar-refractivity contribution in [1.82, 2.24) is 5.32 Å². The molecule has 1 saturated heterocycles. The molecule has 2 aromatic carbocycles. The third-order valence-corrected chi connectivity index (χ3v) is 7.17. The molecule has 0 bridgehead atoms. The first kappa shape index (κ1) is 21.2. The Morgan fingerprint density at radius 1 is 1.27 bits per heavy atom. The lowest BCUT2D eigenvalue weighted by atomic mass is 9.79. The first-order valence-corrected chi connectivity index (χ1v) is 11.8. The Bertz CT molecular complexity index is 1040. The minimum atomic E-state index is -0.0991. The summed E-state index contributed by atoms with van der Waals surface area (Å²) in [6, 6.07) is 14.3. The molecule has 1 atom stereocenters. The number of carbonyl (C=O) groups is 1. The average Bonchev–Trinajstić information content (AvgIpc) is 3.02. The van der Waals surface area contributed by atoms with Crippen LogP contribution in [0.25, 0.3) is 6.08 Å². The number of carbonyl (C=O) groups excluding carboxylic acids is 1. The van der Waals surface area contributed by atoms with Crippen LogP contribution in [0.5, 0.6) is 0 Å². The largest absolute Gasteiger partial charge is 0.366 e. The SMILES string of the molecule is CCN1c2ccc(/C=C3\SC(=Nc4ccc(Br)cc4)NC3=O)cc2[C@@H](C)CC1(C)C. The number of halogens is 1. The Labute approximate surface area is 191 Å². The Balaban J connectivity index is 1.60. The van der Waals surface area contributed by atoms with E-state index < -0.39 is 0 Å². The van der Waals surface area contributed by atoms with Gasteiger partial charge in [0.15, 0.2) is 5.17 Å². The monoisotopic (exact) mass is 483 g/mol. The highest BCUT2D eigenvalue weighted by Gasteiger charge is 2.35. The lowest BCUT2D eigenvalue weighted by Gasteiger charge is -2.47. The number of aliphatic imine (C=N–C) groups is 1. The second-order valence-corrected chi connectivity index (χ2v) is 10.4. The van der Waals surface area contributed by atoms with E-state index in [1.165, 1.54) is 23.0 Å². The van der Waals surface area contributed by atoms with E-state index in [2.05, 4.69) is 77.0 Å². The van der Waals surface area contributed by atoms with Gasteiger partial charge in [0.2, 0.25) is 0 Å². The summed E-state index contributed by atoms with van der Waals surface area (Å²) in [6.45, 7) is 10.1. The van der Waals surface area contributed by atoms with E-state index in [9.17, 15) is 4.79 Å². The zero-order valence-corrected chi connectivity index (χ0v) is 20.1. The summed E-state index contributed by atoms with van der Waals surface area (Å²) >= 11 is 4.81. The van der Waals surface area contributed by atoms with Crippen molar-refractivity contribution in [3.8, 4) is 0 Å². The fourth-order valence-corrected chi connectivity index (χ4v) is 5.57. The predicted molar refractivity (Wildman–Crippen MR) is 132 cm³/mol. The maximum Gasteiger partial charge on any atom is 0.264 e. The van der Waals surface area contributed by atoms with Crippen molar-refractivity contribution >= 4 is 56.2 Å². The van der Waals surface area contributed by atoms with E-state index in [0.29, 0.717) is 16.0 Å². The van der Waals surface area contributed by atoms with E-state index in [1.54, 1.807) is 0 Å². The molecule has 2 aliphatic heterocycles. The normalized spacial score (nSPS) is 23.0. The van der Waals surface area contributed by atoms with Gasteiger partial charge in [-0.1, -0.05) is 28.9 Å². The fraction of sp³-hybridized carbons (Fsp3) is 0.333. The van der Waals surface area contributed by atoms with Crippen LogP contribution in [0.15, 0.2) is 56.8 Å². The highest BCUT2D eigenvalue weighted by molar-refractivity contribution is 9.10. The molecule has 0 spiro atoms. The summed E-state index contributed by atoms with van der Waals surface area (Å²) in [4.78, 5) is 20.2. The molecule has 0 aliphatic carbocycles. The zero-order chi connectivity index (χ0) is 21.5. The minimum absolute atomic E-state index is 0.0991. The molecule has 0 aromatic heterocycles. The second-order valence-electron chi connectivity index (χ2n) is 8.44. The summed E-state index contributed by atoms with van der Waals surface area (Å²) in [5.41, 5.74) is 4.69. The van der Waals surface area contributed by atoms with Crippen LogP contribution in [0.4, 0.5) is 11.4 Å². The van der Waals surface area contributed by atoms with Gasteiger partial charge in [-0.05, 0) is 98.5 Å².